The molecule has 2 rings (SSSR count). The molecular formula is C14H24N2O2. The van der Waals surface area contributed by atoms with Crippen molar-refractivity contribution in [2.75, 3.05) is 19.6 Å². The monoisotopic (exact) mass is 252 g/mol. The molecule has 0 aromatic heterocycles. The first-order valence-corrected chi connectivity index (χ1v) is 7.13. The number of hydrogen-bond acceptors (Lipinski definition) is 3. The summed E-state index contributed by atoms with van der Waals surface area (Å²) in [5.74, 6) is -0.186. The van der Waals surface area contributed by atoms with Gasteiger partial charge in [0.2, 0.25) is 11.8 Å². The average Bonchev–Trinajstić information content (AvgIpc) is 2.51. The summed E-state index contributed by atoms with van der Waals surface area (Å²) in [7, 11) is 0. The highest BCUT2D eigenvalue weighted by atomic mass is 16.2. The molecule has 2 aliphatic rings. The lowest BCUT2D eigenvalue weighted by Gasteiger charge is -2.40. The van der Waals surface area contributed by atoms with E-state index >= 15 is 0 Å². The van der Waals surface area contributed by atoms with Crippen molar-refractivity contribution in [2.45, 2.75) is 46.0 Å². The number of hydrogen-bond donors (Lipinski definition) is 1. The summed E-state index contributed by atoms with van der Waals surface area (Å²) < 4.78 is 0. The molecule has 102 valence electrons. The van der Waals surface area contributed by atoms with E-state index in [2.05, 4.69) is 17.1 Å². The van der Waals surface area contributed by atoms with Gasteiger partial charge in [0.05, 0.1) is 0 Å². The summed E-state index contributed by atoms with van der Waals surface area (Å²) in [5, 5.41) is 2.47. The van der Waals surface area contributed by atoms with Crippen molar-refractivity contribution in [1.82, 2.24) is 10.2 Å². The zero-order valence-electron chi connectivity index (χ0n) is 11.5. The Labute approximate surface area is 109 Å². The second-order valence-corrected chi connectivity index (χ2v) is 5.87. The molecule has 2 fully saturated rings. The molecule has 2 atom stereocenters. The third-order valence-corrected chi connectivity index (χ3v) is 4.70. The minimum Gasteiger partial charge on any atom is -0.303 e. The molecule has 0 saturated carbocycles. The van der Waals surface area contributed by atoms with Crippen LogP contribution in [0.25, 0.3) is 0 Å². The lowest BCUT2D eigenvalue weighted by Crippen LogP contribution is -2.51. The van der Waals surface area contributed by atoms with E-state index in [1.807, 2.05) is 6.92 Å². The second kappa shape index (κ2) is 5.39. The van der Waals surface area contributed by atoms with Crippen molar-refractivity contribution in [2.24, 2.45) is 11.3 Å². The van der Waals surface area contributed by atoms with Crippen LogP contribution in [0.2, 0.25) is 0 Å². The van der Waals surface area contributed by atoms with Gasteiger partial charge in [0.1, 0.15) is 0 Å². The zero-order chi connectivity index (χ0) is 13.2. The molecule has 2 heterocycles. The van der Waals surface area contributed by atoms with Crippen molar-refractivity contribution in [3.8, 4) is 0 Å². The van der Waals surface area contributed by atoms with E-state index in [4.69, 9.17) is 0 Å². The minimum absolute atomic E-state index is 0.0308. The van der Waals surface area contributed by atoms with Gasteiger partial charge < -0.3 is 4.90 Å². The van der Waals surface area contributed by atoms with Gasteiger partial charge in [-0.05, 0) is 50.7 Å². The van der Waals surface area contributed by atoms with Crippen LogP contribution < -0.4 is 5.32 Å². The first kappa shape index (κ1) is 13.5. The van der Waals surface area contributed by atoms with Crippen molar-refractivity contribution in [3.63, 3.8) is 0 Å². The van der Waals surface area contributed by atoms with Crippen molar-refractivity contribution in [1.29, 1.82) is 0 Å². The SMILES string of the molecule is CCCN1CCCC2(CC1)CC(=O)NC(=O)C2C. The number of piperidine rings is 1. The fourth-order valence-electron chi connectivity index (χ4n) is 3.46. The van der Waals surface area contributed by atoms with Crippen LogP contribution in [0.1, 0.15) is 46.0 Å². The molecule has 2 aliphatic heterocycles. The molecule has 0 aromatic carbocycles. The Morgan fingerprint density at radius 2 is 2.11 bits per heavy atom. The number of nitrogens with one attached hydrogen (secondary N) is 1. The second-order valence-electron chi connectivity index (χ2n) is 5.87. The number of rotatable bonds is 2. The highest BCUT2D eigenvalue weighted by Crippen LogP contribution is 2.44. The van der Waals surface area contributed by atoms with Gasteiger partial charge in [0, 0.05) is 12.3 Å². The molecule has 0 radical (unpaired) electrons. The molecule has 18 heavy (non-hydrogen) atoms. The minimum atomic E-state index is -0.0814. The molecule has 1 spiro atoms. The number of imide groups is 1. The Bertz CT molecular complexity index is 343. The van der Waals surface area contributed by atoms with E-state index in [0.29, 0.717) is 6.42 Å². The highest BCUT2D eigenvalue weighted by Gasteiger charge is 2.46. The number of amides is 2. The standard InChI is InChI=1S/C14H24N2O2/c1-3-7-16-8-4-5-14(6-9-16)10-12(17)15-13(18)11(14)2/h11H,3-10H2,1-2H3,(H,15,17,18). The van der Waals surface area contributed by atoms with Crippen molar-refractivity contribution in [3.05, 3.63) is 0 Å². The quantitative estimate of drug-likeness (QED) is 0.759. The van der Waals surface area contributed by atoms with E-state index in [1.165, 1.54) is 6.42 Å². The molecular weight excluding hydrogens is 228 g/mol. The summed E-state index contributed by atoms with van der Waals surface area (Å²) >= 11 is 0. The van der Waals surface area contributed by atoms with Crippen LogP contribution >= 0.6 is 0 Å². The third-order valence-electron chi connectivity index (χ3n) is 4.70. The predicted octanol–water partition coefficient (Wildman–Crippen LogP) is 1.55. The lowest BCUT2D eigenvalue weighted by molar-refractivity contribution is -0.143. The Morgan fingerprint density at radius 1 is 1.33 bits per heavy atom. The van der Waals surface area contributed by atoms with Crippen LogP contribution in [0.15, 0.2) is 0 Å². The number of carbonyl (C=O) groups excluding carboxylic acids is 2. The van der Waals surface area contributed by atoms with Crippen LogP contribution in [0, 0.1) is 11.3 Å². The molecule has 4 heteroatoms. The average molecular weight is 252 g/mol. The van der Waals surface area contributed by atoms with Crippen LogP contribution in [0.3, 0.4) is 0 Å². The normalized spacial score (nSPS) is 34.4. The van der Waals surface area contributed by atoms with E-state index < -0.39 is 0 Å². The van der Waals surface area contributed by atoms with E-state index in [-0.39, 0.29) is 23.1 Å². The fraction of sp³-hybridized carbons (Fsp3) is 0.857. The Balaban J connectivity index is 2.10. The molecule has 2 saturated heterocycles. The zero-order valence-corrected chi connectivity index (χ0v) is 11.5. The highest BCUT2D eigenvalue weighted by molar-refractivity contribution is 5.99. The van der Waals surface area contributed by atoms with Gasteiger partial charge >= 0.3 is 0 Å². The van der Waals surface area contributed by atoms with E-state index in [1.54, 1.807) is 0 Å². The van der Waals surface area contributed by atoms with Crippen LogP contribution in [-0.2, 0) is 9.59 Å². The summed E-state index contributed by atoms with van der Waals surface area (Å²) in [6.45, 7) is 7.44. The van der Waals surface area contributed by atoms with Gasteiger partial charge in [-0.25, -0.2) is 0 Å². The van der Waals surface area contributed by atoms with Gasteiger partial charge in [-0.1, -0.05) is 13.8 Å². The third kappa shape index (κ3) is 2.58. The van der Waals surface area contributed by atoms with E-state index in [9.17, 15) is 9.59 Å². The smallest absolute Gasteiger partial charge is 0.229 e. The maximum Gasteiger partial charge on any atom is 0.229 e. The topological polar surface area (TPSA) is 49.4 Å². The van der Waals surface area contributed by atoms with Crippen molar-refractivity contribution >= 4 is 11.8 Å². The Morgan fingerprint density at radius 3 is 2.83 bits per heavy atom. The number of nitrogens with zero attached hydrogens (tertiary/aromatic N) is 1. The lowest BCUT2D eigenvalue weighted by atomic mass is 9.66. The van der Waals surface area contributed by atoms with E-state index in [0.717, 1.165) is 38.9 Å². The summed E-state index contributed by atoms with van der Waals surface area (Å²) in [5.41, 5.74) is -0.0814. The summed E-state index contributed by atoms with van der Waals surface area (Å²) in [4.78, 5) is 26.0. The van der Waals surface area contributed by atoms with Crippen LogP contribution in [0.4, 0.5) is 0 Å². The maximum absolute atomic E-state index is 11.9. The number of likely N-dealkylation sites (tertiary alicyclic amines) is 1. The van der Waals surface area contributed by atoms with Crippen molar-refractivity contribution < 1.29 is 9.59 Å². The first-order chi connectivity index (χ1) is 8.57. The molecule has 0 aromatic rings. The predicted molar refractivity (Wildman–Crippen MR) is 69.9 cm³/mol. The molecule has 2 amide bonds. The molecule has 0 aliphatic carbocycles. The van der Waals surface area contributed by atoms with Crippen LogP contribution in [0.5, 0.6) is 0 Å². The molecule has 0 bridgehead atoms. The summed E-state index contributed by atoms with van der Waals surface area (Å²) in [6.07, 6.45) is 4.79. The van der Waals surface area contributed by atoms with Gasteiger partial charge in [-0.15, -0.1) is 0 Å². The fourth-order valence-corrected chi connectivity index (χ4v) is 3.46. The van der Waals surface area contributed by atoms with Gasteiger partial charge in [0.15, 0.2) is 0 Å². The summed E-state index contributed by atoms with van der Waals surface area (Å²) in [6, 6.07) is 0. The Hall–Kier alpha value is -0.900. The van der Waals surface area contributed by atoms with Crippen LogP contribution in [-0.4, -0.2) is 36.3 Å². The maximum atomic E-state index is 11.9. The largest absolute Gasteiger partial charge is 0.303 e. The van der Waals surface area contributed by atoms with Gasteiger partial charge in [-0.3, -0.25) is 14.9 Å². The number of carbonyl (C=O) groups is 2. The Kier molecular flexibility index (Phi) is 4.05. The molecule has 4 nitrogen and oxygen atoms in total. The van der Waals surface area contributed by atoms with Gasteiger partial charge in [0.25, 0.3) is 0 Å². The molecule has 1 N–H and O–H groups in total. The molecule has 2 unspecified atom stereocenters. The first-order valence-electron chi connectivity index (χ1n) is 7.13. The van der Waals surface area contributed by atoms with Gasteiger partial charge in [-0.2, -0.15) is 0 Å².